The number of hydrazine groups is 1. The van der Waals surface area contributed by atoms with E-state index in [1.807, 2.05) is 25.1 Å². The topological polar surface area (TPSA) is 92.2 Å². The Labute approximate surface area is 203 Å². The number of hydrogen-bond donors (Lipinski definition) is 3. The third kappa shape index (κ3) is 6.06. The van der Waals surface area contributed by atoms with Crippen molar-refractivity contribution in [2.75, 3.05) is 13.2 Å². The van der Waals surface area contributed by atoms with Crippen LogP contribution in [0.25, 0.3) is 0 Å². The molecule has 0 saturated carbocycles. The average Bonchev–Trinajstić information content (AvgIpc) is 3.14. The van der Waals surface area contributed by atoms with Crippen LogP contribution in [0.4, 0.5) is 0 Å². The number of aliphatic hydroxyl groups excluding tert-OH is 1. The molecule has 0 saturated heterocycles. The van der Waals surface area contributed by atoms with Gasteiger partial charge in [-0.1, -0.05) is 35.3 Å². The van der Waals surface area contributed by atoms with Gasteiger partial charge in [0.1, 0.15) is 11.9 Å². The van der Waals surface area contributed by atoms with Gasteiger partial charge in [0.15, 0.2) is 5.54 Å². The Morgan fingerprint density at radius 3 is 2.70 bits per heavy atom. The van der Waals surface area contributed by atoms with Crippen LogP contribution in [-0.4, -0.2) is 41.8 Å². The van der Waals surface area contributed by atoms with Crippen LogP contribution in [0.2, 0.25) is 10.0 Å². The number of halogens is 2. The first-order valence-corrected chi connectivity index (χ1v) is 11.3. The molecule has 0 aliphatic carbocycles. The Morgan fingerprint density at radius 2 is 2.03 bits per heavy atom. The van der Waals surface area contributed by atoms with E-state index in [0.717, 1.165) is 11.1 Å². The molecule has 1 amide bonds. The zero-order valence-corrected chi connectivity index (χ0v) is 19.8. The number of nitrogens with zero attached hydrogens (tertiary/aromatic N) is 1. The van der Waals surface area contributed by atoms with Crippen LogP contribution < -0.4 is 15.6 Å². The van der Waals surface area contributed by atoms with Crippen molar-refractivity contribution >= 4 is 35.0 Å². The standard InChI is InChI=1S/C24H27Cl2N3O4/c1-3-11-24(23(31)29-27-15-17-5-10-20(25)21(26)14-17)16(2)33-22(28-24)18-6-8-19(9-7-18)32-13-4-12-30/h3,5-10,14,16,27,30H,1,4,11-13,15H2,2H3,(H,29,31)/t16-,24-/m0/s1. The summed E-state index contributed by atoms with van der Waals surface area (Å²) in [5.41, 5.74) is 6.10. The van der Waals surface area contributed by atoms with Crippen LogP contribution in [0.5, 0.6) is 5.75 Å². The van der Waals surface area contributed by atoms with Gasteiger partial charge in [0.05, 0.1) is 16.7 Å². The van der Waals surface area contributed by atoms with Crippen molar-refractivity contribution < 1.29 is 19.4 Å². The minimum atomic E-state index is -1.15. The van der Waals surface area contributed by atoms with E-state index in [4.69, 9.17) is 37.8 Å². The van der Waals surface area contributed by atoms with Crippen LogP contribution in [0.3, 0.4) is 0 Å². The molecule has 1 heterocycles. The van der Waals surface area contributed by atoms with Gasteiger partial charge in [-0.2, -0.15) is 0 Å². The largest absolute Gasteiger partial charge is 0.494 e. The first-order chi connectivity index (χ1) is 15.9. The number of carbonyl (C=O) groups is 1. The lowest BCUT2D eigenvalue weighted by Gasteiger charge is -2.26. The fraction of sp³-hybridized carbons (Fsp3) is 0.333. The predicted octanol–water partition coefficient (Wildman–Crippen LogP) is 4.06. The number of aliphatic hydroxyl groups is 1. The Kier molecular flexibility index (Phi) is 8.74. The maximum Gasteiger partial charge on any atom is 0.266 e. The van der Waals surface area contributed by atoms with E-state index in [0.29, 0.717) is 47.7 Å². The summed E-state index contributed by atoms with van der Waals surface area (Å²) in [6, 6.07) is 12.5. The molecular weight excluding hydrogens is 465 g/mol. The third-order valence-corrected chi connectivity index (χ3v) is 6.00. The fourth-order valence-electron chi connectivity index (χ4n) is 3.39. The quantitative estimate of drug-likeness (QED) is 0.250. The van der Waals surface area contributed by atoms with Crippen LogP contribution in [0, 0.1) is 0 Å². The Bertz CT molecular complexity index is 1010. The smallest absolute Gasteiger partial charge is 0.266 e. The summed E-state index contributed by atoms with van der Waals surface area (Å²) in [6.07, 6.45) is 2.02. The van der Waals surface area contributed by atoms with Crippen molar-refractivity contribution in [2.45, 2.75) is 38.0 Å². The number of carbonyl (C=O) groups excluding carboxylic acids is 1. The van der Waals surface area contributed by atoms with E-state index in [2.05, 4.69) is 22.4 Å². The number of nitrogens with one attached hydrogen (secondary N) is 2. The maximum absolute atomic E-state index is 13.2. The SMILES string of the molecule is C=CC[C@]1(C(=O)NNCc2ccc(Cl)c(Cl)c2)N=C(c2ccc(OCCCO)cc2)O[C@H]1C. The van der Waals surface area contributed by atoms with Crippen molar-refractivity contribution in [3.05, 3.63) is 76.3 Å². The lowest BCUT2D eigenvalue weighted by Crippen LogP contribution is -2.54. The zero-order valence-electron chi connectivity index (χ0n) is 18.3. The number of aliphatic imine (C=N–C) groups is 1. The van der Waals surface area contributed by atoms with Crippen LogP contribution >= 0.6 is 23.2 Å². The second kappa shape index (κ2) is 11.5. The fourth-order valence-corrected chi connectivity index (χ4v) is 3.71. The highest BCUT2D eigenvalue weighted by atomic mass is 35.5. The van der Waals surface area contributed by atoms with E-state index < -0.39 is 11.6 Å². The molecular formula is C24H27Cl2N3O4. The summed E-state index contributed by atoms with van der Waals surface area (Å²) < 4.78 is 11.5. The van der Waals surface area contributed by atoms with Crippen LogP contribution in [-0.2, 0) is 16.1 Å². The van der Waals surface area contributed by atoms with Crippen molar-refractivity contribution in [2.24, 2.45) is 4.99 Å². The molecule has 0 aromatic heterocycles. The summed E-state index contributed by atoms with van der Waals surface area (Å²) in [6.45, 7) is 6.47. The summed E-state index contributed by atoms with van der Waals surface area (Å²) in [4.78, 5) is 17.8. The van der Waals surface area contributed by atoms with E-state index in [9.17, 15) is 4.79 Å². The van der Waals surface area contributed by atoms with Gasteiger partial charge >= 0.3 is 0 Å². The monoisotopic (exact) mass is 491 g/mol. The molecule has 2 atom stereocenters. The number of hydrogen-bond acceptors (Lipinski definition) is 6. The zero-order chi connectivity index (χ0) is 23.8. The van der Waals surface area contributed by atoms with E-state index in [1.165, 1.54) is 0 Å². The molecule has 1 aliphatic heterocycles. The minimum Gasteiger partial charge on any atom is -0.494 e. The first kappa shape index (κ1) is 25.1. The molecule has 2 aromatic carbocycles. The highest BCUT2D eigenvalue weighted by Crippen LogP contribution is 2.32. The molecule has 0 radical (unpaired) electrons. The molecule has 1 aliphatic rings. The van der Waals surface area contributed by atoms with Gasteiger partial charge in [-0.3, -0.25) is 10.2 Å². The Morgan fingerprint density at radius 1 is 1.27 bits per heavy atom. The van der Waals surface area contributed by atoms with Gasteiger partial charge in [-0.15, -0.1) is 6.58 Å². The van der Waals surface area contributed by atoms with Gasteiger partial charge in [0.25, 0.3) is 5.91 Å². The molecule has 9 heteroatoms. The molecule has 2 aromatic rings. The molecule has 0 unspecified atom stereocenters. The molecule has 0 fully saturated rings. The molecule has 176 valence electrons. The Hall–Kier alpha value is -2.58. The normalized spacial score (nSPS) is 19.5. The predicted molar refractivity (Wildman–Crippen MR) is 130 cm³/mol. The summed E-state index contributed by atoms with van der Waals surface area (Å²) >= 11 is 12.0. The third-order valence-electron chi connectivity index (χ3n) is 5.26. The summed E-state index contributed by atoms with van der Waals surface area (Å²) in [5.74, 6) is 0.736. The number of amides is 1. The lowest BCUT2D eigenvalue weighted by atomic mass is 9.90. The van der Waals surface area contributed by atoms with Gasteiger partial charge < -0.3 is 14.6 Å². The second-order valence-electron chi connectivity index (χ2n) is 7.60. The van der Waals surface area contributed by atoms with Crippen molar-refractivity contribution in [1.29, 1.82) is 0 Å². The number of rotatable bonds is 11. The van der Waals surface area contributed by atoms with Gasteiger partial charge in [0, 0.05) is 31.6 Å². The Balaban J connectivity index is 1.69. The molecule has 33 heavy (non-hydrogen) atoms. The van der Waals surface area contributed by atoms with Crippen LogP contribution in [0.15, 0.2) is 60.1 Å². The molecule has 0 bridgehead atoms. The molecule has 3 N–H and O–H groups in total. The van der Waals surface area contributed by atoms with Gasteiger partial charge in [-0.05, 0) is 48.9 Å². The number of benzene rings is 2. The molecule has 0 spiro atoms. The average molecular weight is 492 g/mol. The molecule has 3 rings (SSSR count). The summed E-state index contributed by atoms with van der Waals surface area (Å²) in [5, 5.41) is 9.78. The van der Waals surface area contributed by atoms with Gasteiger partial charge in [0.2, 0.25) is 5.90 Å². The number of ether oxygens (including phenoxy) is 2. The molecule has 7 nitrogen and oxygen atoms in total. The van der Waals surface area contributed by atoms with Crippen molar-refractivity contribution in [3.63, 3.8) is 0 Å². The highest BCUT2D eigenvalue weighted by Gasteiger charge is 2.49. The van der Waals surface area contributed by atoms with E-state index >= 15 is 0 Å². The first-order valence-electron chi connectivity index (χ1n) is 10.6. The van der Waals surface area contributed by atoms with Crippen molar-refractivity contribution in [1.82, 2.24) is 10.9 Å². The minimum absolute atomic E-state index is 0.0797. The van der Waals surface area contributed by atoms with E-state index in [-0.39, 0.29) is 12.5 Å². The van der Waals surface area contributed by atoms with Crippen LogP contribution in [0.1, 0.15) is 30.9 Å². The van der Waals surface area contributed by atoms with Gasteiger partial charge in [-0.25, -0.2) is 10.4 Å². The summed E-state index contributed by atoms with van der Waals surface area (Å²) in [7, 11) is 0. The maximum atomic E-state index is 13.2. The van der Waals surface area contributed by atoms with E-state index in [1.54, 1.807) is 30.3 Å². The van der Waals surface area contributed by atoms with Crippen molar-refractivity contribution in [3.8, 4) is 5.75 Å². The lowest BCUT2D eigenvalue weighted by molar-refractivity contribution is -0.129. The highest BCUT2D eigenvalue weighted by molar-refractivity contribution is 6.42. The second-order valence-corrected chi connectivity index (χ2v) is 8.41.